The van der Waals surface area contributed by atoms with Crippen molar-refractivity contribution in [1.29, 1.82) is 0 Å². The number of aromatic hydroxyl groups is 1. The number of nitrogens with zero attached hydrogens (tertiary/aromatic N) is 6. The summed E-state index contributed by atoms with van der Waals surface area (Å²) in [4.78, 5) is 20.9. The zero-order valence-corrected chi connectivity index (χ0v) is 20.2. The van der Waals surface area contributed by atoms with E-state index in [1.807, 2.05) is 0 Å². The zero-order chi connectivity index (χ0) is 25.5. The third kappa shape index (κ3) is 4.30. The molecule has 0 bridgehead atoms. The molecule has 1 atom stereocenters. The number of aromatic nitrogens is 3. The summed E-state index contributed by atoms with van der Waals surface area (Å²) in [5.74, 6) is 0.566. The van der Waals surface area contributed by atoms with E-state index in [9.17, 15) is 19.6 Å². The average molecular weight is 521 g/mol. The van der Waals surface area contributed by atoms with Crippen molar-refractivity contribution in [3.63, 3.8) is 0 Å². The summed E-state index contributed by atoms with van der Waals surface area (Å²) < 4.78 is 20.1. The molecule has 1 aliphatic rings. The Morgan fingerprint density at radius 1 is 1.05 bits per heavy atom. The molecule has 0 radical (unpaired) electrons. The van der Waals surface area contributed by atoms with Gasteiger partial charge in [0.2, 0.25) is 16.7 Å². The van der Waals surface area contributed by atoms with E-state index in [1.165, 1.54) is 46.4 Å². The first kappa shape index (κ1) is 23.1. The van der Waals surface area contributed by atoms with Gasteiger partial charge in [0.05, 0.1) is 22.1 Å². The number of anilines is 1. The van der Waals surface area contributed by atoms with Gasteiger partial charge in [-0.3, -0.25) is 15.0 Å². The summed E-state index contributed by atoms with van der Waals surface area (Å²) in [6.07, 6.45) is 1.53. The summed E-state index contributed by atoms with van der Waals surface area (Å²) in [5, 5.41) is 26.9. The molecule has 37 heavy (non-hydrogen) atoms. The molecule has 10 nitrogen and oxygen atoms in total. The number of hydrogen-bond acceptors (Lipinski definition) is 9. The van der Waals surface area contributed by atoms with Crippen LogP contribution in [0.4, 0.5) is 15.8 Å². The lowest BCUT2D eigenvalue weighted by molar-refractivity contribution is -0.384. The molecule has 0 unspecified atom stereocenters. The van der Waals surface area contributed by atoms with Gasteiger partial charge in [-0.1, -0.05) is 23.5 Å². The molecule has 3 aromatic heterocycles. The van der Waals surface area contributed by atoms with E-state index in [4.69, 9.17) is 4.42 Å². The molecule has 1 N–H and O–H groups in total. The summed E-state index contributed by atoms with van der Waals surface area (Å²) in [6.45, 7) is 2.70. The van der Waals surface area contributed by atoms with E-state index in [-0.39, 0.29) is 23.4 Å². The van der Waals surface area contributed by atoms with Crippen LogP contribution in [0.15, 0.2) is 71.3 Å². The second-order valence-electron chi connectivity index (χ2n) is 8.65. The van der Waals surface area contributed by atoms with Crippen LogP contribution >= 0.6 is 11.3 Å². The van der Waals surface area contributed by atoms with Gasteiger partial charge in [0.1, 0.15) is 5.82 Å². The van der Waals surface area contributed by atoms with E-state index in [0.717, 1.165) is 11.3 Å². The van der Waals surface area contributed by atoms with Crippen LogP contribution in [0.3, 0.4) is 0 Å². The van der Waals surface area contributed by atoms with Crippen LogP contribution < -0.4 is 4.90 Å². The second-order valence-corrected chi connectivity index (χ2v) is 9.66. The number of halogens is 1. The Morgan fingerprint density at radius 2 is 1.78 bits per heavy atom. The number of furan rings is 1. The molecule has 0 aliphatic carbocycles. The molecular formula is C25H21FN6O4S. The molecular weight excluding hydrogens is 499 g/mol. The molecule has 1 saturated heterocycles. The van der Waals surface area contributed by atoms with Crippen LogP contribution in [0.5, 0.6) is 5.88 Å². The third-order valence-corrected chi connectivity index (χ3v) is 7.55. The molecule has 4 heterocycles. The minimum atomic E-state index is -0.434. The van der Waals surface area contributed by atoms with E-state index < -0.39 is 4.92 Å². The Labute approximate surface area is 214 Å². The number of nitro groups is 1. The minimum absolute atomic E-state index is 0.00131. The smallest absolute Gasteiger partial charge is 0.269 e. The van der Waals surface area contributed by atoms with Crippen molar-refractivity contribution in [2.45, 2.75) is 6.04 Å². The lowest BCUT2D eigenvalue weighted by Crippen LogP contribution is -2.47. The largest absolute Gasteiger partial charge is 0.492 e. The predicted molar refractivity (Wildman–Crippen MR) is 135 cm³/mol. The summed E-state index contributed by atoms with van der Waals surface area (Å²) in [7, 11) is 0. The summed E-state index contributed by atoms with van der Waals surface area (Å²) in [6, 6.07) is 15.9. The van der Waals surface area contributed by atoms with E-state index >= 15 is 0 Å². The monoisotopic (exact) mass is 520 g/mol. The Kier molecular flexibility index (Phi) is 5.81. The maximum absolute atomic E-state index is 13.4. The molecule has 0 saturated carbocycles. The van der Waals surface area contributed by atoms with Crippen molar-refractivity contribution < 1.29 is 18.8 Å². The normalized spacial score (nSPS) is 15.3. The number of fused-ring (bicyclic) bond motifs is 1. The van der Waals surface area contributed by atoms with Crippen LogP contribution in [0.25, 0.3) is 16.5 Å². The van der Waals surface area contributed by atoms with Gasteiger partial charge in [0.15, 0.2) is 5.76 Å². The average Bonchev–Trinajstić information content (AvgIpc) is 3.65. The lowest BCUT2D eigenvalue weighted by atomic mass is 10.0. The van der Waals surface area contributed by atoms with Gasteiger partial charge < -0.3 is 14.4 Å². The number of hydrogen-bond donors (Lipinski definition) is 1. The number of nitro benzene ring substituents is 1. The molecule has 1 aliphatic heterocycles. The fourth-order valence-corrected chi connectivity index (χ4v) is 5.75. The lowest BCUT2D eigenvalue weighted by Gasteiger charge is -2.40. The van der Waals surface area contributed by atoms with Crippen molar-refractivity contribution >= 4 is 27.7 Å². The highest BCUT2D eigenvalue weighted by Crippen LogP contribution is 2.41. The van der Waals surface area contributed by atoms with Crippen LogP contribution in [0, 0.1) is 15.9 Å². The Hall–Kier alpha value is -4.29. The number of thiazole rings is 1. The predicted octanol–water partition coefficient (Wildman–Crippen LogP) is 4.72. The van der Waals surface area contributed by atoms with Crippen molar-refractivity contribution in [1.82, 2.24) is 19.5 Å². The maximum Gasteiger partial charge on any atom is 0.269 e. The number of non-ortho nitro benzene ring substituents is 1. The fourth-order valence-electron chi connectivity index (χ4n) is 4.64. The minimum Gasteiger partial charge on any atom is -0.492 e. The summed E-state index contributed by atoms with van der Waals surface area (Å²) in [5.41, 5.74) is 1.76. The van der Waals surface area contributed by atoms with Crippen LogP contribution in [-0.2, 0) is 0 Å². The maximum atomic E-state index is 13.4. The zero-order valence-electron chi connectivity index (χ0n) is 19.4. The standard InChI is InChI=1S/C25H21FN6O4S/c26-17-5-9-18(10-6-17)29-11-13-30(14-12-29)21(16-3-7-19(8-4-16)32(34)35)22-24(33)31-25(37-22)27-23(28-31)20-2-1-15-36-20/h1-10,15,21,33H,11-14H2/t21-/m0/s1. The van der Waals surface area contributed by atoms with Crippen molar-refractivity contribution in [2.24, 2.45) is 0 Å². The third-order valence-electron chi connectivity index (χ3n) is 6.48. The van der Waals surface area contributed by atoms with Crippen LogP contribution in [-0.4, -0.2) is 55.7 Å². The Balaban J connectivity index is 1.34. The van der Waals surface area contributed by atoms with E-state index in [2.05, 4.69) is 19.9 Å². The number of benzene rings is 2. The van der Waals surface area contributed by atoms with Crippen molar-refractivity contribution in [2.75, 3.05) is 31.1 Å². The molecule has 6 rings (SSSR count). The highest BCUT2D eigenvalue weighted by Gasteiger charge is 2.32. The molecule has 2 aromatic carbocycles. The van der Waals surface area contributed by atoms with Crippen LogP contribution in [0.1, 0.15) is 16.5 Å². The van der Waals surface area contributed by atoms with Crippen molar-refractivity contribution in [3.05, 3.63) is 93.3 Å². The molecule has 0 spiro atoms. The first-order valence-electron chi connectivity index (χ1n) is 11.6. The Bertz CT molecular complexity index is 1540. The SMILES string of the molecule is O=[N+]([O-])c1ccc([C@@H](c2sc3nc(-c4ccco4)nn3c2O)N2CCN(c3ccc(F)cc3)CC2)cc1. The van der Waals surface area contributed by atoms with E-state index in [0.29, 0.717) is 47.6 Å². The topological polar surface area (TPSA) is 113 Å². The van der Waals surface area contributed by atoms with Gasteiger partial charge in [-0.25, -0.2) is 4.39 Å². The molecule has 12 heteroatoms. The summed E-state index contributed by atoms with van der Waals surface area (Å²) >= 11 is 1.31. The van der Waals surface area contributed by atoms with Gasteiger partial charge in [-0.05, 0) is 42.0 Å². The molecule has 188 valence electrons. The van der Waals surface area contributed by atoms with Crippen molar-refractivity contribution in [3.8, 4) is 17.5 Å². The molecule has 1 fully saturated rings. The fraction of sp³-hybridized carbons (Fsp3) is 0.200. The highest BCUT2D eigenvalue weighted by atomic mass is 32.1. The van der Waals surface area contributed by atoms with Gasteiger partial charge in [-0.2, -0.15) is 9.50 Å². The highest BCUT2D eigenvalue weighted by molar-refractivity contribution is 7.17. The Morgan fingerprint density at radius 3 is 2.41 bits per heavy atom. The number of rotatable bonds is 6. The molecule has 0 amide bonds. The van der Waals surface area contributed by atoms with Crippen LogP contribution in [0.2, 0.25) is 0 Å². The van der Waals surface area contributed by atoms with Gasteiger partial charge in [0, 0.05) is 44.0 Å². The van der Waals surface area contributed by atoms with Gasteiger partial charge >= 0.3 is 0 Å². The van der Waals surface area contributed by atoms with Gasteiger partial charge in [0.25, 0.3) is 5.69 Å². The first-order chi connectivity index (χ1) is 18.0. The first-order valence-corrected chi connectivity index (χ1v) is 12.4. The molecule has 5 aromatic rings. The number of piperazine rings is 1. The van der Waals surface area contributed by atoms with E-state index in [1.54, 1.807) is 36.4 Å². The van der Waals surface area contributed by atoms with Gasteiger partial charge in [-0.15, -0.1) is 5.10 Å². The second kappa shape index (κ2) is 9.30. The quantitative estimate of drug-likeness (QED) is 0.253.